The zero-order chi connectivity index (χ0) is 9.19. The normalized spacial score (nSPS) is 11.5. The molecule has 0 radical (unpaired) electrons. The van der Waals surface area contributed by atoms with Crippen LogP contribution < -0.4 is 0 Å². The van der Waals surface area contributed by atoms with Crippen LogP contribution in [0.1, 0.15) is 5.56 Å². The van der Waals surface area contributed by atoms with Gasteiger partial charge in [0.05, 0.1) is 11.9 Å². The number of pyridine rings is 1. The highest BCUT2D eigenvalue weighted by Gasteiger charge is 2.04. The van der Waals surface area contributed by atoms with Gasteiger partial charge in [-0.05, 0) is 11.6 Å². The molecule has 5 heteroatoms. The van der Waals surface area contributed by atoms with E-state index in [9.17, 15) is 12.8 Å². The Morgan fingerprint density at radius 1 is 1.50 bits per heavy atom. The highest BCUT2D eigenvalue weighted by molar-refractivity contribution is 7.89. The van der Waals surface area contributed by atoms with Crippen molar-refractivity contribution in [1.29, 1.82) is 0 Å². The summed E-state index contributed by atoms with van der Waals surface area (Å²) in [5.74, 6) is -0.686. The first-order valence-electron chi connectivity index (χ1n) is 3.24. The Labute approximate surface area is 70.2 Å². The first-order valence-corrected chi connectivity index (χ1v) is 5.30. The van der Waals surface area contributed by atoms with Gasteiger partial charge in [0.1, 0.15) is 5.82 Å². The smallest absolute Gasteiger partial charge is 0.151 e. The van der Waals surface area contributed by atoms with E-state index < -0.39 is 15.7 Å². The predicted octanol–water partition coefficient (Wildman–Crippen LogP) is 0.765. The van der Waals surface area contributed by atoms with E-state index in [2.05, 4.69) is 4.98 Å². The number of halogens is 1. The van der Waals surface area contributed by atoms with Crippen LogP contribution in [0.4, 0.5) is 4.39 Å². The van der Waals surface area contributed by atoms with Crippen LogP contribution in [-0.4, -0.2) is 19.7 Å². The molecule has 0 bridgehead atoms. The molecule has 1 aromatic heterocycles. The second kappa shape index (κ2) is 3.18. The fraction of sp³-hybridized carbons (Fsp3) is 0.286. The summed E-state index contributed by atoms with van der Waals surface area (Å²) in [5, 5.41) is 0. The van der Waals surface area contributed by atoms with E-state index in [-0.39, 0.29) is 5.75 Å². The molecule has 12 heavy (non-hydrogen) atoms. The van der Waals surface area contributed by atoms with E-state index in [1.54, 1.807) is 0 Å². The zero-order valence-electron chi connectivity index (χ0n) is 6.49. The molecule has 0 saturated heterocycles. The summed E-state index contributed by atoms with van der Waals surface area (Å²) in [5.41, 5.74) is 0.373. The number of sulfone groups is 1. The quantitative estimate of drug-likeness (QED) is 0.690. The minimum atomic E-state index is -3.10. The van der Waals surface area contributed by atoms with Crippen LogP contribution in [0, 0.1) is 5.82 Å². The van der Waals surface area contributed by atoms with Gasteiger partial charge in [-0.25, -0.2) is 12.8 Å². The van der Waals surface area contributed by atoms with E-state index in [0.717, 1.165) is 18.5 Å². The van der Waals surface area contributed by atoms with Crippen LogP contribution in [0.2, 0.25) is 0 Å². The van der Waals surface area contributed by atoms with Crippen LogP contribution in [0.25, 0.3) is 0 Å². The first-order chi connectivity index (χ1) is 5.47. The van der Waals surface area contributed by atoms with E-state index in [1.165, 1.54) is 6.20 Å². The van der Waals surface area contributed by atoms with Crippen LogP contribution in [0.3, 0.4) is 0 Å². The van der Waals surface area contributed by atoms with Gasteiger partial charge < -0.3 is 0 Å². The summed E-state index contributed by atoms with van der Waals surface area (Å²) >= 11 is 0. The maximum Gasteiger partial charge on any atom is 0.151 e. The molecule has 0 aliphatic heterocycles. The van der Waals surface area contributed by atoms with Crippen molar-refractivity contribution in [2.45, 2.75) is 5.75 Å². The van der Waals surface area contributed by atoms with Crippen LogP contribution in [0.5, 0.6) is 0 Å². The molecule has 0 spiro atoms. The summed E-state index contributed by atoms with van der Waals surface area (Å²) < 4.78 is 34.0. The van der Waals surface area contributed by atoms with E-state index >= 15 is 0 Å². The Morgan fingerprint density at radius 3 is 2.67 bits per heavy atom. The van der Waals surface area contributed by atoms with E-state index in [1.807, 2.05) is 0 Å². The molecule has 0 aliphatic rings. The van der Waals surface area contributed by atoms with Gasteiger partial charge in [-0.15, -0.1) is 0 Å². The maximum atomic E-state index is 12.5. The number of hydrogen-bond donors (Lipinski definition) is 0. The molecule has 1 rings (SSSR count). The third-order valence-electron chi connectivity index (χ3n) is 1.19. The fourth-order valence-electron chi connectivity index (χ4n) is 0.838. The van der Waals surface area contributed by atoms with Crippen LogP contribution in [0.15, 0.2) is 18.5 Å². The Kier molecular flexibility index (Phi) is 2.42. The van der Waals surface area contributed by atoms with Gasteiger partial charge in [0.25, 0.3) is 0 Å². The van der Waals surface area contributed by atoms with Crippen molar-refractivity contribution in [2.24, 2.45) is 0 Å². The van der Waals surface area contributed by atoms with Crippen LogP contribution in [-0.2, 0) is 15.6 Å². The fourth-order valence-corrected chi connectivity index (χ4v) is 1.60. The SMILES string of the molecule is CS(=O)(=O)Cc1cncc(F)c1. The van der Waals surface area contributed by atoms with Gasteiger partial charge >= 0.3 is 0 Å². The summed E-state index contributed by atoms with van der Waals surface area (Å²) in [6, 6.07) is 1.16. The molecule has 0 fully saturated rings. The molecule has 0 aliphatic carbocycles. The third kappa shape index (κ3) is 2.96. The minimum absolute atomic E-state index is 0.169. The molecule has 1 aromatic rings. The third-order valence-corrected chi connectivity index (χ3v) is 2.05. The molecule has 0 N–H and O–H groups in total. The van der Waals surface area contributed by atoms with Crippen molar-refractivity contribution >= 4 is 9.84 Å². The number of aromatic nitrogens is 1. The number of hydrogen-bond acceptors (Lipinski definition) is 3. The Morgan fingerprint density at radius 2 is 2.17 bits per heavy atom. The molecule has 0 unspecified atom stereocenters. The monoisotopic (exact) mass is 189 g/mol. The Hall–Kier alpha value is -0.970. The van der Waals surface area contributed by atoms with Crippen molar-refractivity contribution in [3.05, 3.63) is 29.8 Å². The lowest BCUT2D eigenvalue weighted by molar-refractivity contribution is 0.599. The van der Waals surface area contributed by atoms with Crippen molar-refractivity contribution in [2.75, 3.05) is 6.26 Å². The lowest BCUT2D eigenvalue weighted by atomic mass is 10.3. The number of rotatable bonds is 2. The molecule has 0 saturated carbocycles. The largest absolute Gasteiger partial charge is 0.261 e. The Bertz CT molecular complexity index is 375. The first kappa shape index (κ1) is 9.12. The summed E-state index contributed by atoms with van der Waals surface area (Å²) in [6.07, 6.45) is 3.47. The molecule has 1 heterocycles. The second-order valence-electron chi connectivity index (χ2n) is 2.58. The standard InChI is InChI=1S/C7H8FNO2S/c1-12(10,11)5-6-2-7(8)4-9-3-6/h2-4H,5H2,1H3. The Balaban J connectivity index is 2.91. The summed E-state index contributed by atoms with van der Waals surface area (Å²) in [6.45, 7) is 0. The molecular formula is C7H8FNO2S. The average Bonchev–Trinajstić information content (AvgIpc) is 1.82. The van der Waals surface area contributed by atoms with Crippen LogP contribution >= 0.6 is 0 Å². The zero-order valence-corrected chi connectivity index (χ0v) is 7.31. The molecular weight excluding hydrogens is 181 g/mol. The lowest BCUT2D eigenvalue weighted by Gasteiger charge is -1.97. The molecule has 0 atom stereocenters. The van der Waals surface area contributed by atoms with Crippen molar-refractivity contribution in [3.63, 3.8) is 0 Å². The van der Waals surface area contributed by atoms with Gasteiger partial charge in [-0.2, -0.15) is 0 Å². The van der Waals surface area contributed by atoms with Gasteiger partial charge in [0, 0.05) is 12.5 Å². The highest BCUT2D eigenvalue weighted by Crippen LogP contribution is 2.04. The lowest BCUT2D eigenvalue weighted by Crippen LogP contribution is -2.01. The second-order valence-corrected chi connectivity index (χ2v) is 4.72. The van der Waals surface area contributed by atoms with Gasteiger partial charge in [0.2, 0.25) is 0 Å². The summed E-state index contributed by atoms with van der Waals surface area (Å²) in [7, 11) is -3.10. The molecule has 3 nitrogen and oxygen atoms in total. The summed E-state index contributed by atoms with van der Waals surface area (Å²) in [4.78, 5) is 3.53. The van der Waals surface area contributed by atoms with E-state index in [0.29, 0.717) is 5.56 Å². The molecule has 0 aromatic carbocycles. The van der Waals surface area contributed by atoms with E-state index in [4.69, 9.17) is 0 Å². The average molecular weight is 189 g/mol. The van der Waals surface area contributed by atoms with Gasteiger partial charge in [-0.1, -0.05) is 0 Å². The molecule has 0 amide bonds. The van der Waals surface area contributed by atoms with Crippen molar-refractivity contribution in [1.82, 2.24) is 4.98 Å². The van der Waals surface area contributed by atoms with Crippen molar-refractivity contribution < 1.29 is 12.8 Å². The highest BCUT2D eigenvalue weighted by atomic mass is 32.2. The topological polar surface area (TPSA) is 47.0 Å². The predicted molar refractivity (Wildman–Crippen MR) is 42.7 cm³/mol. The van der Waals surface area contributed by atoms with Crippen molar-refractivity contribution in [3.8, 4) is 0 Å². The minimum Gasteiger partial charge on any atom is -0.261 e. The molecule has 66 valence electrons. The maximum absolute atomic E-state index is 12.5. The van der Waals surface area contributed by atoms with Gasteiger partial charge in [0.15, 0.2) is 9.84 Å². The number of nitrogens with zero attached hydrogens (tertiary/aromatic N) is 1. The van der Waals surface area contributed by atoms with Gasteiger partial charge in [-0.3, -0.25) is 4.98 Å².